The second-order valence-corrected chi connectivity index (χ2v) is 7.26. The summed E-state index contributed by atoms with van der Waals surface area (Å²) in [5, 5.41) is 6.03. The molecule has 0 heterocycles. The van der Waals surface area contributed by atoms with Crippen molar-refractivity contribution < 1.29 is 23.7 Å². The first kappa shape index (κ1) is 24.2. The number of nitrogens with two attached hydrogens (primary N) is 1. The van der Waals surface area contributed by atoms with Gasteiger partial charge in [-0.1, -0.05) is 0 Å². The molecule has 8 heteroatoms. The number of amides is 1. The maximum absolute atomic E-state index is 11.4. The molecule has 0 aromatic heterocycles. The Labute approximate surface area is 152 Å². The molecule has 0 saturated carbocycles. The van der Waals surface area contributed by atoms with Crippen molar-refractivity contribution in [3.63, 3.8) is 0 Å². The van der Waals surface area contributed by atoms with Crippen molar-refractivity contribution in [2.75, 3.05) is 59.3 Å². The summed E-state index contributed by atoms with van der Waals surface area (Å²) in [6.45, 7) is 14.1. The molecular weight excluding hydrogens is 326 g/mol. The molecule has 0 bridgehead atoms. The molecule has 4 N–H and O–H groups in total. The van der Waals surface area contributed by atoms with Crippen LogP contribution in [0.5, 0.6) is 0 Å². The maximum Gasteiger partial charge on any atom is 0.246 e. The van der Waals surface area contributed by atoms with Crippen molar-refractivity contribution in [2.24, 2.45) is 5.73 Å². The maximum atomic E-state index is 11.4. The van der Waals surface area contributed by atoms with Gasteiger partial charge in [-0.05, 0) is 34.6 Å². The van der Waals surface area contributed by atoms with Crippen molar-refractivity contribution in [3.8, 4) is 0 Å². The van der Waals surface area contributed by atoms with Crippen LogP contribution in [0.1, 0.15) is 34.6 Å². The van der Waals surface area contributed by atoms with Crippen LogP contribution in [0.4, 0.5) is 0 Å². The van der Waals surface area contributed by atoms with E-state index in [1.54, 1.807) is 13.8 Å². The number of carbonyl (C=O) groups excluding carboxylic acids is 1. The Morgan fingerprint density at radius 2 is 1.32 bits per heavy atom. The minimum atomic E-state index is -0.808. The number of hydrogen-bond donors (Lipinski definition) is 3. The first-order valence-corrected chi connectivity index (χ1v) is 8.78. The molecule has 0 unspecified atom stereocenters. The normalized spacial score (nSPS) is 12.4. The van der Waals surface area contributed by atoms with Gasteiger partial charge in [-0.25, -0.2) is 0 Å². The summed E-state index contributed by atoms with van der Waals surface area (Å²) in [4.78, 5) is 11.4. The van der Waals surface area contributed by atoms with E-state index in [0.29, 0.717) is 46.2 Å². The summed E-state index contributed by atoms with van der Waals surface area (Å²) in [7, 11) is 0. The minimum absolute atomic E-state index is 0.0577. The lowest BCUT2D eigenvalue weighted by Gasteiger charge is -2.20. The van der Waals surface area contributed by atoms with Gasteiger partial charge >= 0.3 is 0 Å². The van der Waals surface area contributed by atoms with E-state index in [9.17, 15) is 4.79 Å². The van der Waals surface area contributed by atoms with E-state index in [1.165, 1.54) is 0 Å². The molecule has 0 aromatic carbocycles. The molecule has 0 aliphatic carbocycles. The van der Waals surface area contributed by atoms with Crippen LogP contribution in [0.25, 0.3) is 0 Å². The Hall–Kier alpha value is -0.770. The van der Waals surface area contributed by atoms with E-state index in [-0.39, 0.29) is 18.1 Å². The molecule has 0 atom stereocenters. The van der Waals surface area contributed by atoms with E-state index in [4.69, 9.17) is 24.7 Å². The van der Waals surface area contributed by atoms with E-state index in [1.807, 2.05) is 0 Å². The van der Waals surface area contributed by atoms with Crippen LogP contribution in [-0.4, -0.2) is 76.5 Å². The fraction of sp³-hybridized carbons (Fsp3) is 0.941. The van der Waals surface area contributed by atoms with E-state index in [2.05, 4.69) is 31.4 Å². The van der Waals surface area contributed by atoms with E-state index >= 15 is 0 Å². The summed E-state index contributed by atoms with van der Waals surface area (Å²) in [6.07, 6.45) is 0. The highest BCUT2D eigenvalue weighted by Gasteiger charge is 2.12. The lowest BCUT2D eigenvalue weighted by Crippen LogP contribution is -2.40. The molecular formula is C17H37N3O5. The fourth-order valence-corrected chi connectivity index (χ4v) is 1.61. The van der Waals surface area contributed by atoms with Gasteiger partial charge in [0, 0.05) is 18.6 Å². The number of ether oxygens (including phenoxy) is 4. The summed E-state index contributed by atoms with van der Waals surface area (Å²) in [5.41, 5.74) is 4.92. The van der Waals surface area contributed by atoms with Gasteiger partial charge in [-0.3, -0.25) is 4.79 Å². The minimum Gasteiger partial charge on any atom is -0.378 e. The van der Waals surface area contributed by atoms with Crippen molar-refractivity contribution in [1.29, 1.82) is 0 Å². The second kappa shape index (κ2) is 13.4. The average Bonchev–Trinajstić information content (AvgIpc) is 2.48. The van der Waals surface area contributed by atoms with Crippen LogP contribution in [0, 0.1) is 0 Å². The van der Waals surface area contributed by atoms with Crippen LogP contribution >= 0.6 is 0 Å². The van der Waals surface area contributed by atoms with Gasteiger partial charge in [0.25, 0.3) is 0 Å². The number of nitrogens with one attached hydrogen (secondary N) is 2. The zero-order valence-electron chi connectivity index (χ0n) is 16.5. The van der Waals surface area contributed by atoms with Gasteiger partial charge in [-0.15, -0.1) is 0 Å². The van der Waals surface area contributed by atoms with Crippen molar-refractivity contribution >= 4 is 5.91 Å². The molecule has 8 nitrogen and oxygen atoms in total. The predicted molar refractivity (Wildman–Crippen MR) is 97.4 cm³/mol. The van der Waals surface area contributed by atoms with Crippen LogP contribution in [-0.2, 0) is 23.7 Å². The molecule has 0 aliphatic heterocycles. The highest BCUT2D eigenvalue weighted by atomic mass is 16.5. The Morgan fingerprint density at radius 1 is 0.840 bits per heavy atom. The van der Waals surface area contributed by atoms with E-state index < -0.39 is 5.72 Å². The fourth-order valence-electron chi connectivity index (χ4n) is 1.61. The largest absolute Gasteiger partial charge is 0.378 e. The van der Waals surface area contributed by atoms with Gasteiger partial charge in [0.1, 0.15) is 12.3 Å². The Morgan fingerprint density at radius 3 is 1.80 bits per heavy atom. The third kappa shape index (κ3) is 21.2. The third-order valence-electron chi connectivity index (χ3n) is 2.79. The van der Waals surface area contributed by atoms with Crippen LogP contribution < -0.4 is 16.4 Å². The molecule has 0 rings (SSSR count). The summed E-state index contributed by atoms with van der Waals surface area (Å²) >= 11 is 0. The summed E-state index contributed by atoms with van der Waals surface area (Å²) < 4.78 is 21.4. The second-order valence-electron chi connectivity index (χ2n) is 7.26. The summed E-state index contributed by atoms with van der Waals surface area (Å²) in [5.74, 6) is -0.212. The first-order valence-electron chi connectivity index (χ1n) is 8.78. The summed E-state index contributed by atoms with van der Waals surface area (Å²) in [6, 6.07) is 0. The molecule has 0 aromatic rings. The van der Waals surface area contributed by atoms with Gasteiger partial charge in [0.2, 0.25) is 5.91 Å². The Bertz CT molecular complexity index is 340. The van der Waals surface area contributed by atoms with Crippen molar-refractivity contribution in [3.05, 3.63) is 0 Å². The molecule has 1 amide bonds. The molecule has 0 radical (unpaired) electrons. The molecule has 0 saturated heterocycles. The molecule has 25 heavy (non-hydrogen) atoms. The van der Waals surface area contributed by atoms with E-state index in [0.717, 1.165) is 6.54 Å². The number of rotatable bonds is 15. The lowest BCUT2D eigenvalue weighted by atomic mass is 10.1. The molecule has 0 fully saturated rings. The lowest BCUT2D eigenvalue weighted by molar-refractivity contribution is -0.131. The molecule has 0 spiro atoms. The van der Waals surface area contributed by atoms with Crippen LogP contribution in [0.3, 0.4) is 0 Å². The highest BCUT2D eigenvalue weighted by Crippen LogP contribution is 1.97. The number of carbonyl (C=O) groups is 1. The quantitative estimate of drug-likeness (QED) is 0.283. The van der Waals surface area contributed by atoms with Gasteiger partial charge < -0.3 is 35.3 Å². The molecule has 0 aliphatic rings. The smallest absolute Gasteiger partial charge is 0.246 e. The topological polar surface area (TPSA) is 104 Å². The van der Waals surface area contributed by atoms with Crippen molar-refractivity contribution in [2.45, 2.75) is 45.9 Å². The zero-order valence-corrected chi connectivity index (χ0v) is 16.5. The predicted octanol–water partition coefficient (Wildman–Crippen LogP) is 0.252. The standard InChI is InChI=1S/C17H37N3O5/c1-16(2,3)20-7-9-23-11-13-24-12-10-22-8-6-19-15(21)14-25-17(4,5)18/h20H,6-14,18H2,1-5H3,(H,19,21). The highest BCUT2D eigenvalue weighted by molar-refractivity contribution is 5.77. The SMILES string of the molecule is CC(C)(C)NCCOCCOCCOCCNC(=O)COC(C)(C)N. The Kier molecular flexibility index (Phi) is 13.0. The monoisotopic (exact) mass is 363 g/mol. The van der Waals surface area contributed by atoms with Crippen LogP contribution in [0.2, 0.25) is 0 Å². The Balaban J connectivity index is 3.23. The third-order valence-corrected chi connectivity index (χ3v) is 2.79. The first-order chi connectivity index (χ1) is 11.6. The number of hydrogen-bond acceptors (Lipinski definition) is 7. The zero-order chi connectivity index (χ0) is 19.2. The molecule has 150 valence electrons. The van der Waals surface area contributed by atoms with Crippen LogP contribution in [0.15, 0.2) is 0 Å². The van der Waals surface area contributed by atoms with Gasteiger partial charge in [0.05, 0.1) is 39.6 Å². The van der Waals surface area contributed by atoms with Crippen molar-refractivity contribution in [1.82, 2.24) is 10.6 Å². The van der Waals surface area contributed by atoms with Gasteiger partial charge in [0.15, 0.2) is 0 Å². The average molecular weight is 363 g/mol. The van der Waals surface area contributed by atoms with Gasteiger partial charge in [-0.2, -0.15) is 0 Å².